The molecule has 0 spiro atoms. The lowest BCUT2D eigenvalue weighted by Crippen LogP contribution is -2.02. The summed E-state index contributed by atoms with van der Waals surface area (Å²) >= 11 is 15.2. The molecule has 0 aliphatic heterocycles. The summed E-state index contributed by atoms with van der Waals surface area (Å²) in [5.74, 6) is -0.663. The van der Waals surface area contributed by atoms with Gasteiger partial charge in [0.05, 0.1) is 33.3 Å². The molecule has 41 heavy (non-hydrogen) atoms. The molecule has 0 aliphatic carbocycles. The number of ether oxygens (including phenoxy) is 2. The van der Waals surface area contributed by atoms with Crippen molar-refractivity contribution < 1.29 is 18.3 Å². The van der Waals surface area contributed by atoms with Crippen LogP contribution in [-0.4, -0.2) is 0 Å². The first-order valence-electron chi connectivity index (χ1n) is 12.1. The van der Waals surface area contributed by atoms with Gasteiger partial charge in [-0.15, -0.1) is 0 Å². The second-order valence-corrected chi connectivity index (χ2v) is 10.2. The van der Waals surface area contributed by atoms with Gasteiger partial charge < -0.3 is 20.9 Å². The van der Waals surface area contributed by atoms with Gasteiger partial charge in [0.1, 0.15) is 11.5 Å². The minimum Gasteiger partial charge on any atom is -0.453 e. The van der Waals surface area contributed by atoms with Crippen molar-refractivity contribution in [2.75, 3.05) is 0 Å². The average Bonchev–Trinajstić information content (AvgIpc) is 2.97. The fourth-order valence-electron chi connectivity index (χ4n) is 3.56. The number of aryl methyl sites for hydroxylation is 1. The summed E-state index contributed by atoms with van der Waals surface area (Å²) in [4.78, 5) is 0. The van der Waals surface area contributed by atoms with Crippen molar-refractivity contribution in [2.24, 2.45) is 11.5 Å². The molecule has 0 aromatic heterocycles. The molecule has 0 bridgehead atoms. The third kappa shape index (κ3) is 8.17. The summed E-state index contributed by atoms with van der Waals surface area (Å²) in [7, 11) is 0. The first-order valence-corrected chi connectivity index (χ1v) is 13.6. The molecule has 0 aliphatic rings. The van der Waals surface area contributed by atoms with Gasteiger partial charge in [-0.05, 0) is 60.5 Å². The lowest BCUT2D eigenvalue weighted by Gasteiger charge is -2.12. The third-order valence-corrected chi connectivity index (χ3v) is 6.69. The summed E-state index contributed by atoms with van der Waals surface area (Å²) in [5, 5.41) is 18.2. The van der Waals surface area contributed by atoms with E-state index in [0.717, 1.165) is 12.0 Å². The van der Waals surface area contributed by atoms with Crippen LogP contribution in [0.15, 0.2) is 65.1 Å². The van der Waals surface area contributed by atoms with E-state index in [1.54, 1.807) is 30.3 Å². The molecule has 0 unspecified atom stereocenters. The highest BCUT2D eigenvalue weighted by Crippen LogP contribution is 2.36. The van der Waals surface area contributed by atoms with Gasteiger partial charge in [-0.1, -0.05) is 58.2 Å². The van der Waals surface area contributed by atoms with Gasteiger partial charge in [0.25, 0.3) is 0 Å². The van der Waals surface area contributed by atoms with Crippen LogP contribution in [0.2, 0.25) is 10.0 Å². The van der Waals surface area contributed by atoms with Crippen LogP contribution in [-0.2, 0) is 19.5 Å². The fourth-order valence-corrected chi connectivity index (χ4v) is 4.40. The second kappa shape index (κ2) is 14.8. The zero-order valence-corrected chi connectivity index (χ0v) is 24.7. The SMILES string of the molecule is CCc1cc(C#N)cc(Oc2c(Cl)ccc(CN)c2F)c1.N#Cc1cc(Br)cc(Oc2c(Cl)ccc(CN)c2F)c1. The van der Waals surface area contributed by atoms with E-state index in [4.69, 9.17) is 54.7 Å². The van der Waals surface area contributed by atoms with E-state index in [2.05, 4.69) is 22.0 Å². The van der Waals surface area contributed by atoms with Gasteiger partial charge in [-0.25, -0.2) is 8.78 Å². The van der Waals surface area contributed by atoms with E-state index in [9.17, 15) is 8.78 Å². The lowest BCUT2D eigenvalue weighted by atomic mass is 10.1. The van der Waals surface area contributed by atoms with Crippen molar-refractivity contribution in [3.8, 4) is 35.1 Å². The summed E-state index contributed by atoms with van der Waals surface area (Å²) in [6, 6.07) is 19.9. The predicted molar refractivity (Wildman–Crippen MR) is 158 cm³/mol. The molecule has 4 N–H and O–H groups in total. The zero-order chi connectivity index (χ0) is 30.1. The Bertz CT molecular complexity index is 1660. The smallest absolute Gasteiger partial charge is 0.181 e. The molecular weight excluding hydrogens is 637 g/mol. The Kier molecular flexibility index (Phi) is 11.5. The molecule has 0 amide bonds. The summed E-state index contributed by atoms with van der Waals surface area (Å²) in [6.45, 7) is 2.06. The standard InChI is InChI=1S/C16H14ClFN2O.C14H9BrClFN2O/c1-2-10-5-11(8-19)7-13(6-10)21-16-14(17)4-3-12(9-20)15(16)18;15-10-3-8(6-18)4-11(5-10)20-14-12(16)2-1-9(7-19)13(14)17/h3-7H,2,9,20H2,1H3;1-5H,7,19H2. The maximum absolute atomic E-state index is 14.2. The molecule has 0 saturated carbocycles. The minimum atomic E-state index is -0.599. The molecule has 4 rings (SSSR count). The Balaban J connectivity index is 0.000000226. The van der Waals surface area contributed by atoms with Crippen LogP contribution in [0.4, 0.5) is 8.78 Å². The van der Waals surface area contributed by atoms with Crippen molar-refractivity contribution >= 4 is 39.1 Å². The highest BCUT2D eigenvalue weighted by molar-refractivity contribution is 9.10. The largest absolute Gasteiger partial charge is 0.453 e. The molecule has 210 valence electrons. The van der Waals surface area contributed by atoms with Crippen LogP contribution in [0.5, 0.6) is 23.0 Å². The maximum Gasteiger partial charge on any atom is 0.181 e. The third-order valence-electron chi connectivity index (χ3n) is 5.64. The van der Waals surface area contributed by atoms with Gasteiger partial charge in [-0.3, -0.25) is 0 Å². The molecule has 0 radical (unpaired) electrons. The Morgan fingerprint density at radius 2 is 1.22 bits per heavy atom. The molecule has 11 heteroatoms. The van der Waals surface area contributed by atoms with E-state index in [1.807, 2.05) is 13.0 Å². The number of rotatable bonds is 7. The van der Waals surface area contributed by atoms with Gasteiger partial charge in [0, 0.05) is 28.7 Å². The Labute approximate surface area is 254 Å². The van der Waals surface area contributed by atoms with Crippen molar-refractivity contribution in [3.05, 3.63) is 115 Å². The van der Waals surface area contributed by atoms with E-state index in [1.165, 1.54) is 30.3 Å². The average molecular weight is 660 g/mol. The van der Waals surface area contributed by atoms with E-state index in [0.29, 0.717) is 38.2 Å². The van der Waals surface area contributed by atoms with Crippen LogP contribution in [0.25, 0.3) is 0 Å². The predicted octanol–water partition coefficient (Wildman–Crippen LogP) is 8.53. The molecule has 0 saturated heterocycles. The quantitative estimate of drug-likeness (QED) is 0.205. The maximum atomic E-state index is 14.2. The number of hydrogen-bond donors (Lipinski definition) is 2. The fraction of sp³-hybridized carbons (Fsp3) is 0.133. The summed E-state index contributed by atoms with van der Waals surface area (Å²) in [6.07, 6.45) is 0.741. The number of nitrogens with two attached hydrogens (primary N) is 2. The van der Waals surface area contributed by atoms with Gasteiger partial charge in [0.15, 0.2) is 23.1 Å². The number of nitrogens with zero attached hydrogens (tertiary/aromatic N) is 2. The normalized spacial score (nSPS) is 10.2. The molecule has 4 aromatic carbocycles. The molecular formula is C30H23BrCl2F2N4O2. The van der Waals surface area contributed by atoms with Gasteiger partial charge in [0.2, 0.25) is 0 Å². The van der Waals surface area contributed by atoms with Gasteiger partial charge >= 0.3 is 0 Å². The first kappa shape index (κ1) is 31.8. The Hall–Kier alpha value is -3.70. The van der Waals surface area contributed by atoms with E-state index < -0.39 is 11.6 Å². The van der Waals surface area contributed by atoms with Crippen LogP contribution < -0.4 is 20.9 Å². The highest BCUT2D eigenvalue weighted by atomic mass is 79.9. The van der Waals surface area contributed by atoms with Gasteiger partial charge in [-0.2, -0.15) is 10.5 Å². The number of benzene rings is 4. The first-order chi connectivity index (χ1) is 19.6. The summed E-state index contributed by atoms with van der Waals surface area (Å²) in [5.41, 5.74) is 13.3. The van der Waals surface area contributed by atoms with Crippen LogP contribution >= 0.6 is 39.1 Å². The highest BCUT2D eigenvalue weighted by Gasteiger charge is 2.16. The van der Waals surface area contributed by atoms with Crippen molar-refractivity contribution in [2.45, 2.75) is 26.4 Å². The number of halogens is 5. The summed E-state index contributed by atoms with van der Waals surface area (Å²) < 4.78 is 40.0. The van der Waals surface area contributed by atoms with Crippen molar-refractivity contribution in [1.29, 1.82) is 10.5 Å². The Morgan fingerprint density at radius 1 is 0.756 bits per heavy atom. The molecule has 0 atom stereocenters. The molecule has 4 aromatic rings. The van der Waals surface area contributed by atoms with E-state index >= 15 is 0 Å². The van der Waals surface area contributed by atoms with E-state index in [-0.39, 0.29) is 34.6 Å². The number of hydrogen-bond acceptors (Lipinski definition) is 6. The molecule has 6 nitrogen and oxygen atoms in total. The van der Waals surface area contributed by atoms with Crippen molar-refractivity contribution in [1.82, 2.24) is 0 Å². The second-order valence-electron chi connectivity index (χ2n) is 8.43. The topological polar surface area (TPSA) is 118 Å². The number of nitriles is 2. The lowest BCUT2D eigenvalue weighted by molar-refractivity contribution is 0.438. The van der Waals surface area contributed by atoms with Crippen LogP contribution in [0.1, 0.15) is 34.7 Å². The zero-order valence-electron chi connectivity index (χ0n) is 21.7. The Morgan fingerprint density at radius 3 is 1.66 bits per heavy atom. The molecule has 0 heterocycles. The van der Waals surface area contributed by atoms with Crippen LogP contribution in [0.3, 0.4) is 0 Å². The van der Waals surface area contributed by atoms with Crippen molar-refractivity contribution in [3.63, 3.8) is 0 Å². The monoisotopic (exact) mass is 658 g/mol. The van der Waals surface area contributed by atoms with Crippen LogP contribution in [0, 0.1) is 34.3 Å². The minimum absolute atomic E-state index is 0.0429. The molecule has 0 fully saturated rings.